The number of hydrogen-bond donors (Lipinski definition) is 0. The summed E-state index contributed by atoms with van der Waals surface area (Å²) in [5.74, 6) is 0.365. The Morgan fingerprint density at radius 2 is 1.88 bits per heavy atom. The van der Waals surface area contributed by atoms with Crippen molar-refractivity contribution >= 4 is 27.5 Å². The number of halogens is 1. The van der Waals surface area contributed by atoms with Gasteiger partial charge in [0, 0.05) is 31.7 Å². The monoisotopic (exact) mass is 370 g/mol. The second kappa shape index (κ2) is 7.02. The van der Waals surface area contributed by atoms with Crippen molar-refractivity contribution in [2.45, 2.75) is 37.5 Å². The van der Waals surface area contributed by atoms with Crippen molar-refractivity contribution in [3.05, 3.63) is 28.8 Å². The number of piperidine rings is 1. The van der Waals surface area contributed by atoms with Crippen LogP contribution in [0.4, 0.5) is 0 Å². The molecule has 2 aliphatic heterocycles. The number of carbonyl (C=O) groups excluding carboxylic acids is 1. The molecule has 0 aliphatic carbocycles. The zero-order valence-electron chi connectivity index (χ0n) is 13.9. The Balaban J connectivity index is 1.90. The number of carbonyl (C=O) groups is 1. The van der Waals surface area contributed by atoms with Gasteiger partial charge in [0.15, 0.2) is 0 Å². The molecule has 0 aromatic heterocycles. The maximum absolute atomic E-state index is 12.9. The van der Waals surface area contributed by atoms with E-state index in [4.69, 9.17) is 11.6 Å². The zero-order valence-corrected chi connectivity index (χ0v) is 15.4. The van der Waals surface area contributed by atoms with Gasteiger partial charge in [-0.1, -0.05) is 24.9 Å². The van der Waals surface area contributed by atoms with Crippen molar-refractivity contribution in [1.82, 2.24) is 9.21 Å². The SMILES string of the molecule is CC1CCN(C(=O)c2ccc(Cl)c(S(=O)(=O)N3CCCCC3)c2)C1. The zero-order chi connectivity index (χ0) is 17.3. The number of sulfonamides is 1. The van der Waals surface area contributed by atoms with Gasteiger partial charge in [0.25, 0.3) is 5.91 Å². The molecule has 1 aromatic rings. The van der Waals surface area contributed by atoms with Gasteiger partial charge in [-0.2, -0.15) is 4.31 Å². The molecule has 1 atom stereocenters. The van der Waals surface area contributed by atoms with E-state index in [9.17, 15) is 13.2 Å². The van der Waals surface area contributed by atoms with Crippen molar-refractivity contribution in [2.75, 3.05) is 26.2 Å². The molecule has 24 heavy (non-hydrogen) atoms. The first kappa shape index (κ1) is 17.7. The molecule has 5 nitrogen and oxygen atoms in total. The maximum Gasteiger partial charge on any atom is 0.253 e. The molecule has 0 bridgehead atoms. The summed E-state index contributed by atoms with van der Waals surface area (Å²) in [6.07, 6.45) is 3.76. The third-order valence-corrected chi connectivity index (χ3v) is 7.20. The first-order valence-electron chi connectivity index (χ1n) is 8.48. The summed E-state index contributed by atoms with van der Waals surface area (Å²) in [6.45, 7) is 4.58. The lowest BCUT2D eigenvalue weighted by Crippen LogP contribution is -2.36. The molecular formula is C17H23ClN2O3S. The van der Waals surface area contributed by atoms with E-state index in [-0.39, 0.29) is 15.8 Å². The van der Waals surface area contributed by atoms with Gasteiger partial charge in [-0.3, -0.25) is 4.79 Å². The lowest BCUT2D eigenvalue weighted by Gasteiger charge is -2.26. The molecular weight excluding hydrogens is 348 g/mol. The maximum atomic E-state index is 12.9. The molecule has 132 valence electrons. The van der Waals surface area contributed by atoms with E-state index < -0.39 is 10.0 Å². The minimum absolute atomic E-state index is 0.0455. The van der Waals surface area contributed by atoms with Gasteiger partial charge in [0.05, 0.1) is 5.02 Å². The van der Waals surface area contributed by atoms with Gasteiger partial charge in [-0.05, 0) is 43.4 Å². The fourth-order valence-corrected chi connectivity index (χ4v) is 5.40. The van der Waals surface area contributed by atoms with Crippen LogP contribution in [0.1, 0.15) is 43.0 Å². The summed E-state index contributed by atoms with van der Waals surface area (Å²) in [5.41, 5.74) is 0.393. The Labute approximate surface area is 148 Å². The molecule has 1 unspecified atom stereocenters. The summed E-state index contributed by atoms with van der Waals surface area (Å²) in [5, 5.41) is 0.173. The lowest BCUT2D eigenvalue weighted by molar-refractivity contribution is 0.0788. The van der Waals surface area contributed by atoms with E-state index in [1.165, 1.54) is 16.4 Å². The minimum Gasteiger partial charge on any atom is -0.338 e. The van der Waals surface area contributed by atoms with Crippen molar-refractivity contribution in [1.29, 1.82) is 0 Å². The van der Waals surface area contributed by atoms with Crippen LogP contribution in [0.25, 0.3) is 0 Å². The van der Waals surface area contributed by atoms with Crippen LogP contribution in [0.15, 0.2) is 23.1 Å². The lowest BCUT2D eigenvalue weighted by atomic mass is 10.2. The molecule has 7 heteroatoms. The highest BCUT2D eigenvalue weighted by molar-refractivity contribution is 7.89. The second-order valence-electron chi connectivity index (χ2n) is 6.75. The summed E-state index contributed by atoms with van der Waals surface area (Å²) in [7, 11) is -3.65. The number of rotatable bonds is 3. The topological polar surface area (TPSA) is 57.7 Å². The van der Waals surface area contributed by atoms with E-state index >= 15 is 0 Å². The molecule has 2 fully saturated rings. The quantitative estimate of drug-likeness (QED) is 0.821. The van der Waals surface area contributed by atoms with Gasteiger partial charge in [-0.15, -0.1) is 0 Å². The Bertz CT molecular complexity index is 729. The first-order chi connectivity index (χ1) is 11.4. The van der Waals surface area contributed by atoms with Crippen LogP contribution in [0.5, 0.6) is 0 Å². The van der Waals surface area contributed by atoms with Crippen LogP contribution in [0.2, 0.25) is 5.02 Å². The average molecular weight is 371 g/mol. The first-order valence-corrected chi connectivity index (χ1v) is 10.3. The average Bonchev–Trinajstić information content (AvgIpc) is 3.02. The molecule has 0 spiro atoms. The van der Waals surface area contributed by atoms with E-state index in [0.717, 1.165) is 38.8 Å². The molecule has 3 rings (SSSR count). The standard InChI is InChI=1S/C17H23ClN2O3S/c1-13-7-10-19(12-13)17(21)14-5-6-15(18)16(11-14)24(22,23)20-8-3-2-4-9-20/h5-6,11,13H,2-4,7-10,12H2,1H3. The predicted molar refractivity (Wildman–Crippen MR) is 93.7 cm³/mol. The molecule has 1 aromatic carbocycles. The third-order valence-electron chi connectivity index (χ3n) is 4.82. The minimum atomic E-state index is -3.65. The molecule has 2 saturated heterocycles. The molecule has 0 radical (unpaired) electrons. The van der Waals surface area contributed by atoms with Crippen LogP contribution in [-0.2, 0) is 10.0 Å². The van der Waals surface area contributed by atoms with Crippen LogP contribution < -0.4 is 0 Å². The summed E-state index contributed by atoms with van der Waals surface area (Å²) in [6, 6.07) is 4.57. The molecule has 2 aliphatic rings. The van der Waals surface area contributed by atoms with Crippen molar-refractivity contribution in [3.63, 3.8) is 0 Å². The van der Waals surface area contributed by atoms with Gasteiger partial charge in [0.2, 0.25) is 10.0 Å². The largest absolute Gasteiger partial charge is 0.338 e. The number of benzene rings is 1. The summed E-state index contributed by atoms with van der Waals surface area (Å²) >= 11 is 6.16. The Hall–Kier alpha value is -1.11. The van der Waals surface area contributed by atoms with Gasteiger partial charge in [0.1, 0.15) is 4.90 Å². The Morgan fingerprint density at radius 1 is 1.17 bits per heavy atom. The molecule has 1 amide bonds. The highest BCUT2D eigenvalue weighted by Crippen LogP contribution is 2.29. The van der Waals surface area contributed by atoms with E-state index in [2.05, 4.69) is 6.92 Å². The smallest absolute Gasteiger partial charge is 0.253 e. The number of nitrogens with zero attached hydrogens (tertiary/aromatic N) is 2. The Morgan fingerprint density at radius 3 is 2.50 bits per heavy atom. The number of amides is 1. The van der Waals surface area contributed by atoms with Crippen LogP contribution in [-0.4, -0.2) is 49.7 Å². The van der Waals surface area contributed by atoms with Crippen molar-refractivity contribution in [2.24, 2.45) is 5.92 Å². The highest BCUT2D eigenvalue weighted by Gasteiger charge is 2.30. The molecule has 2 heterocycles. The van der Waals surface area contributed by atoms with Gasteiger partial charge >= 0.3 is 0 Å². The van der Waals surface area contributed by atoms with E-state index in [0.29, 0.717) is 24.6 Å². The Kier molecular flexibility index (Phi) is 5.18. The van der Waals surface area contributed by atoms with Gasteiger partial charge in [-0.25, -0.2) is 8.42 Å². The summed E-state index contributed by atoms with van der Waals surface area (Å²) < 4.78 is 27.2. The van der Waals surface area contributed by atoms with Crippen LogP contribution in [0.3, 0.4) is 0 Å². The van der Waals surface area contributed by atoms with E-state index in [1.807, 2.05) is 0 Å². The summed E-state index contributed by atoms with van der Waals surface area (Å²) in [4.78, 5) is 14.5. The van der Waals surface area contributed by atoms with Gasteiger partial charge < -0.3 is 4.90 Å². The van der Waals surface area contributed by atoms with E-state index in [1.54, 1.807) is 11.0 Å². The van der Waals surface area contributed by atoms with Crippen LogP contribution in [0, 0.1) is 5.92 Å². The van der Waals surface area contributed by atoms with Crippen molar-refractivity contribution in [3.8, 4) is 0 Å². The fourth-order valence-electron chi connectivity index (χ4n) is 3.38. The normalized spacial score (nSPS) is 22.8. The molecule has 0 saturated carbocycles. The molecule has 0 N–H and O–H groups in total. The third kappa shape index (κ3) is 3.46. The van der Waals surface area contributed by atoms with Crippen molar-refractivity contribution < 1.29 is 13.2 Å². The fraction of sp³-hybridized carbons (Fsp3) is 0.588. The number of hydrogen-bond acceptors (Lipinski definition) is 3. The van der Waals surface area contributed by atoms with Crippen LogP contribution >= 0.6 is 11.6 Å². The number of likely N-dealkylation sites (tertiary alicyclic amines) is 1. The second-order valence-corrected chi connectivity index (χ2v) is 9.07. The predicted octanol–water partition coefficient (Wildman–Crippen LogP) is 3.00. The highest BCUT2D eigenvalue weighted by atomic mass is 35.5.